The van der Waals surface area contributed by atoms with E-state index in [-0.39, 0.29) is 23.3 Å². The number of amides is 1. The number of nitrogens with zero attached hydrogens (tertiary/aromatic N) is 1. The summed E-state index contributed by atoms with van der Waals surface area (Å²) in [5.41, 5.74) is 7.29. The molecule has 2 atom stereocenters. The first kappa shape index (κ1) is 15.5. The van der Waals surface area contributed by atoms with Gasteiger partial charge in [-0.3, -0.25) is 4.79 Å². The number of nitrogens with two attached hydrogens (primary N) is 1. The van der Waals surface area contributed by atoms with Crippen LogP contribution in [0.2, 0.25) is 0 Å². The Kier molecular flexibility index (Phi) is 4.86. The van der Waals surface area contributed by atoms with Crippen LogP contribution in [-0.4, -0.2) is 23.9 Å². The Morgan fingerprint density at radius 3 is 2.85 bits per heavy atom. The van der Waals surface area contributed by atoms with Crippen molar-refractivity contribution in [1.29, 1.82) is 0 Å². The van der Waals surface area contributed by atoms with Gasteiger partial charge >= 0.3 is 0 Å². The molecule has 2 N–H and O–H groups in total. The average molecular weight is 294 g/mol. The zero-order valence-corrected chi connectivity index (χ0v) is 13.6. The van der Waals surface area contributed by atoms with Gasteiger partial charge in [0.15, 0.2) is 0 Å². The molecule has 20 heavy (non-hydrogen) atoms. The molecule has 3 nitrogen and oxygen atoms in total. The lowest BCUT2D eigenvalue weighted by Gasteiger charge is -2.31. The highest BCUT2D eigenvalue weighted by molar-refractivity contribution is 7.07. The van der Waals surface area contributed by atoms with Gasteiger partial charge in [-0.15, -0.1) is 0 Å². The second kappa shape index (κ2) is 6.27. The van der Waals surface area contributed by atoms with Crippen LogP contribution in [-0.2, 0) is 4.79 Å². The Hall–Kier alpha value is -0.870. The van der Waals surface area contributed by atoms with Gasteiger partial charge in [-0.1, -0.05) is 20.8 Å². The van der Waals surface area contributed by atoms with Gasteiger partial charge in [-0.05, 0) is 47.1 Å². The maximum Gasteiger partial charge on any atom is 0.227 e. The molecule has 0 saturated carbocycles. The summed E-state index contributed by atoms with van der Waals surface area (Å²) in [5.74, 6) is 0.199. The summed E-state index contributed by atoms with van der Waals surface area (Å²) in [6.45, 7) is 7.83. The molecule has 1 fully saturated rings. The third-order valence-electron chi connectivity index (χ3n) is 3.96. The van der Waals surface area contributed by atoms with Gasteiger partial charge < -0.3 is 10.6 Å². The number of hydrogen-bond donors (Lipinski definition) is 1. The van der Waals surface area contributed by atoms with E-state index in [0.717, 1.165) is 25.8 Å². The summed E-state index contributed by atoms with van der Waals surface area (Å²) in [7, 11) is 0. The molecule has 1 aromatic rings. The standard InChI is InChI=1S/C16H26N2OS/c1-16(2,3)9-13(10-17)15(19)18-7-4-5-14(18)12-6-8-20-11-12/h6,8,11,13-14H,4-5,7,9-10,17H2,1-3H3. The van der Waals surface area contributed by atoms with Crippen molar-refractivity contribution in [1.82, 2.24) is 4.90 Å². The van der Waals surface area contributed by atoms with Crippen LogP contribution >= 0.6 is 11.3 Å². The van der Waals surface area contributed by atoms with Crippen LogP contribution in [0.4, 0.5) is 0 Å². The Morgan fingerprint density at radius 2 is 2.30 bits per heavy atom. The molecule has 112 valence electrons. The number of thiophene rings is 1. The third-order valence-corrected chi connectivity index (χ3v) is 4.66. The third kappa shape index (κ3) is 3.61. The molecule has 1 aliphatic rings. The van der Waals surface area contributed by atoms with Gasteiger partial charge in [0.25, 0.3) is 0 Å². The van der Waals surface area contributed by atoms with Crippen molar-refractivity contribution in [2.24, 2.45) is 17.1 Å². The minimum absolute atomic E-state index is 0.0470. The first-order valence-corrected chi connectivity index (χ1v) is 8.39. The zero-order valence-electron chi connectivity index (χ0n) is 12.8. The Bertz CT molecular complexity index is 436. The molecular formula is C16H26N2OS. The fourth-order valence-corrected chi connectivity index (χ4v) is 3.79. The molecule has 0 bridgehead atoms. The Balaban J connectivity index is 2.10. The first-order chi connectivity index (χ1) is 9.42. The molecular weight excluding hydrogens is 268 g/mol. The fraction of sp³-hybridized carbons (Fsp3) is 0.688. The van der Waals surface area contributed by atoms with Crippen LogP contribution in [0.3, 0.4) is 0 Å². The molecule has 0 aromatic carbocycles. The second-order valence-corrected chi connectivity index (χ2v) is 7.72. The second-order valence-electron chi connectivity index (χ2n) is 6.94. The lowest BCUT2D eigenvalue weighted by Crippen LogP contribution is -2.40. The molecule has 4 heteroatoms. The van der Waals surface area contributed by atoms with Crippen LogP contribution in [0.25, 0.3) is 0 Å². The molecule has 1 saturated heterocycles. The van der Waals surface area contributed by atoms with Crippen LogP contribution < -0.4 is 5.73 Å². The first-order valence-electron chi connectivity index (χ1n) is 7.45. The monoisotopic (exact) mass is 294 g/mol. The maximum atomic E-state index is 12.8. The minimum atomic E-state index is -0.0470. The zero-order chi connectivity index (χ0) is 14.8. The predicted molar refractivity (Wildman–Crippen MR) is 84.6 cm³/mol. The van der Waals surface area contributed by atoms with Crippen LogP contribution in [0.1, 0.15) is 51.6 Å². The SMILES string of the molecule is CC(C)(C)CC(CN)C(=O)N1CCCC1c1ccsc1. The summed E-state index contributed by atoms with van der Waals surface area (Å²) in [6.07, 6.45) is 3.03. The smallest absolute Gasteiger partial charge is 0.227 e. The van der Waals surface area contributed by atoms with Crippen molar-refractivity contribution in [2.45, 2.75) is 46.1 Å². The van der Waals surface area contributed by atoms with E-state index in [4.69, 9.17) is 5.73 Å². The number of rotatable bonds is 4. The van der Waals surface area contributed by atoms with Crippen molar-refractivity contribution in [3.05, 3.63) is 22.4 Å². The number of carbonyl (C=O) groups excluding carboxylic acids is 1. The van der Waals surface area contributed by atoms with E-state index in [2.05, 4.69) is 42.5 Å². The van der Waals surface area contributed by atoms with Gasteiger partial charge in [0.05, 0.1) is 12.0 Å². The number of hydrogen-bond acceptors (Lipinski definition) is 3. The van der Waals surface area contributed by atoms with Gasteiger partial charge in [-0.2, -0.15) is 11.3 Å². The van der Waals surface area contributed by atoms with E-state index in [1.165, 1.54) is 5.56 Å². The molecule has 1 aliphatic heterocycles. The largest absolute Gasteiger partial charge is 0.335 e. The van der Waals surface area contributed by atoms with Crippen molar-refractivity contribution in [3.63, 3.8) is 0 Å². The highest BCUT2D eigenvalue weighted by Gasteiger charge is 2.34. The molecule has 0 aliphatic carbocycles. The normalized spacial score (nSPS) is 21.2. The Labute approximate surface area is 126 Å². The molecule has 0 spiro atoms. The average Bonchev–Trinajstić information content (AvgIpc) is 3.03. The van der Waals surface area contributed by atoms with E-state index in [1.54, 1.807) is 11.3 Å². The summed E-state index contributed by atoms with van der Waals surface area (Å²) in [6, 6.07) is 2.41. The van der Waals surface area contributed by atoms with Gasteiger partial charge in [0, 0.05) is 13.1 Å². The molecule has 1 aromatic heterocycles. The van der Waals surface area contributed by atoms with E-state index in [1.807, 2.05) is 0 Å². The molecule has 2 heterocycles. The van der Waals surface area contributed by atoms with Gasteiger partial charge in [0.2, 0.25) is 5.91 Å². The van der Waals surface area contributed by atoms with Crippen LogP contribution in [0, 0.1) is 11.3 Å². The molecule has 2 rings (SSSR count). The molecule has 1 amide bonds. The molecule has 0 radical (unpaired) electrons. The van der Waals surface area contributed by atoms with Crippen molar-refractivity contribution < 1.29 is 4.79 Å². The Morgan fingerprint density at radius 1 is 1.55 bits per heavy atom. The van der Waals surface area contributed by atoms with Crippen molar-refractivity contribution >= 4 is 17.2 Å². The summed E-state index contributed by atoms with van der Waals surface area (Å²) < 4.78 is 0. The van der Waals surface area contributed by atoms with E-state index in [0.29, 0.717) is 6.54 Å². The quantitative estimate of drug-likeness (QED) is 0.925. The van der Waals surface area contributed by atoms with E-state index in [9.17, 15) is 4.79 Å². The number of likely N-dealkylation sites (tertiary alicyclic amines) is 1. The van der Waals surface area contributed by atoms with Crippen molar-refractivity contribution in [2.75, 3.05) is 13.1 Å². The number of carbonyl (C=O) groups is 1. The summed E-state index contributed by atoms with van der Waals surface area (Å²) in [4.78, 5) is 14.9. The van der Waals surface area contributed by atoms with Crippen LogP contribution in [0.15, 0.2) is 16.8 Å². The maximum absolute atomic E-state index is 12.8. The van der Waals surface area contributed by atoms with Gasteiger partial charge in [-0.25, -0.2) is 0 Å². The lowest BCUT2D eigenvalue weighted by atomic mass is 9.84. The minimum Gasteiger partial charge on any atom is -0.335 e. The summed E-state index contributed by atoms with van der Waals surface area (Å²) in [5, 5.41) is 4.25. The lowest BCUT2D eigenvalue weighted by molar-refractivity contribution is -0.137. The van der Waals surface area contributed by atoms with Crippen LogP contribution in [0.5, 0.6) is 0 Å². The summed E-state index contributed by atoms with van der Waals surface area (Å²) >= 11 is 1.70. The van der Waals surface area contributed by atoms with E-state index < -0.39 is 0 Å². The highest BCUT2D eigenvalue weighted by atomic mass is 32.1. The predicted octanol–water partition coefficient (Wildman–Crippen LogP) is 3.42. The van der Waals surface area contributed by atoms with Gasteiger partial charge in [0.1, 0.15) is 0 Å². The highest BCUT2D eigenvalue weighted by Crippen LogP contribution is 2.35. The fourth-order valence-electron chi connectivity index (χ4n) is 3.09. The molecule has 2 unspecified atom stereocenters. The topological polar surface area (TPSA) is 46.3 Å². The van der Waals surface area contributed by atoms with Crippen molar-refractivity contribution in [3.8, 4) is 0 Å². The van der Waals surface area contributed by atoms with E-state index >= 15 is 0 Å².